The van der Waals surface area contributed by atoms with Crippen molar-refractivity contribution in [3.05, 3.63) is 59.2 Å². The number of anilines is 1. The van der Waals surface area contributed by atoms with Crippen molar-refractivity contribution in [2.45, 2.75) is 19.9 Å². The fourth-order valence-electron chi connectivity index (χ4n) is 2.30. The molecule has 0 aromatic heterocycles. The number of aryl methyl sites for hydroxylation is 1. The maximum absolute atomic E-state index is 12.3. The average Bonchev–Trinajstić information content (AvgIpc) is 2.58. The highest BCUT2D eigenvalue weighted by molar-refractivity contribution is 5.99. The number of hydrogen-bond acceptors (Lipinski definition) is 4. The van der Waals surface area contributed by atoms with Crippen LogP contribution in [0, 0.1) is 6.92 Å². The highest BCUT2D eigenvalue weighted by Crippen LogP contribution is 2.21. The molecule has 2 aromatic rings. The van der Waals surface area contributed by atoms with Crippen molar-refractivity contribution in [2.75, 3.05) is 26.1 Å². The Labute approximate surface area is 142 Å². The number of nitrogens with one attached hydrogen (secondary N) is 1. The van der Waals surface area contributed by atoms with Gasteiger partial charge in [0.1, 0.15) is 5.75 Å². The number of methoxy groups -OCH3 is 1. The van der Waals surface area contributed by atoms with Crippen LogP contribution in [0.15, 0.2) is 42.5 Å². The van der Waals surface area contributed by atoms with E-state index in [-0.39, 0.29) is 5.91 Å². The predicted octanol–water partition coefficient (Wildman–Crippen LogP) is 2.92. The van der Waals surface area contributed by atoms with Crippen molar-refractivity contribution in [3.63, 3.8) is 0 Å². The van der Waals surface area contributed by atoms with E-state index >= 15 is 0 Å². The summed E-state index contributed by atoms with van der Waals surface area (Å²) in [5.41, 5.74) is 8.83. The number of para-hydroxylation sites is 1. The molecule has 0 atom stereocenters. The van der Waals surface area contributed by atoms with Crippen LogP contribution in [0.25, 0.3) is 0 Å². The summed E-state index contributed by atoms with van der Waals surface area (Å²) in [7, 11) is 1.67. The van der Waals surface area contributed by atoms with E-state index in [1.165, 1.54) is 0 Å². The van der Waals surface area contributed by atoms with Crippen LogP contribution in [0.1, 0.15) is 27.9 Å². The minimum Gasteiger partial charge on any atom is -0.493 e. The lowest BCUT2D eigenvalue weighted by molar-refractivity contribution is 0.0951. The van der Waals surface area contributed by atoms with E-state index in [2.05, 4.69) is 5.32 Å². The molecule has 5 nitrogen and oxygen atoms in total. The molecule has 2 aromatic carbocycles. The van der Waals surface area contributed by atoms with Gasteiger partial charge >= 0.3 is 0 Å². The molecule has 0 fully saturated rings. The van der Waals surface area contributed by atoms with E-state index in [1.807, 2.05) is 25.1 Å². The van der Waals surface area contributed by atoms with Gasteiger partial charge in [-0.2, -0.15) is 0 Å². The Bertz CT molecular complexity index is 686. The molecule has 0 heterocycles. The number of hydrogen-bond donors (Lipinski definition) is 2. The Hall–Kier alpha value is -2.53. The van der Waals surface area contributed by atoms with Gasteiger partial charge in [-0.15, -0.1) is 0 Å². The molecule has 24 heavy (non-hydrogen) atoms. The molecular formula is C19H24N2O3. The summed E-state index contributed by atoms with van der Waals surface area (Å²) in [6, 6.07) is 13.0. The Morgan fingerprint density at radius 1 is 1.17 bits per heavy atom. The van der Waals surface area contributed by atoms with Gasteiger partial charge < -0.3 is 20.5 Å². The number of rotatable bonds is 8. The summed E-state index contributed by atoms with van der Waals surface area (Å²) in [4.78, 5) is 12.3. The van der Waals surface area contributed by atoms with Crippen molar-refractivity contribution >= 4 is 11.6 Å². The molecule has 0 aliphatic carbocycles. The third-order valence-electron chi connectivity index (χ3n) is 3.62. The molecule has 2 rings (SSSR count). The van der Waals surface area contributed by atoms with Gasteiger partial charge in [-0.05, 0) is 30.7 Å². The van der Waals surface area contributed by atoms with Crippen molar-refractivity contribution in [1.82, 2.24) is 5.32 Å². The van der Waals surface area contributed by atoms with Crippen LogP contribution in [0.2, 0.25) is 0 Å². The normalized spacial score (nSPS) is 10.4. The Kier molecular flexibility index (Phi) is 6.63. The maximum Gasteiger partial charge on any atom is 0.253 e. The highest BCUT2D eigenvalue weighted by Gasteiger charge is 2.10. The lowest BCUT2D eigenvalue weighted by Gasteiger charge is -2.13. The molecule has 0 bridgehead atoms. The molecule has 0 aliphatic rings. The summed E-state index contributed by atoms with van der Waals surface area (Å²) < 4.78 is 10.8. The number of carbonyl (C=O) groups excluding carboxylic acids is 1. The van der Waals surface area contributed by atoms with Crippen LogP contribution >= 0.6 is 0 Å². The first-order valence-electron chi connectivity index (χ1n) is 7.96. The van der Waals surface area contributed by atoms with Gasteiger partial charge in [-0.3, -0.25) is 4.79 Å². The monoisotopic (exact) mass is 328 g/mol. The number of amides is 1. The molecule has 1 amide bonds. The Morgan fingerprint density at radius 3 is 2.71 bits per heavy atom. The first kappa shape index (κ1) is 17.8. The lowest BCUT2D eigenvalue weighted by atomic mass is 10.1. The number of ether oxygens (including phenoxy) is 2. The van der Waals surface area contributed by atoms with Gasteiger partial charge in [0, 0.05) is 37.9 Å². The summed E-state index contributed by atoms with van der Waals surface area (Å²) in [6.45, 7) is 3.62. The van der Waals surface area contributed by atoms with Crippen LogP contribution in [-0.2, 0) is 11.3 Å². The quantitative estimate of drug-likeness (QED) is 0.577. The van der Waals surface area contributed by atoms with E-state index in [0.717, 1.165) is 23.3 Å². The summed E-state index contributed by atoms with van der Waals surface area (Å²) in [6.07, 6.45) is 0.816. The second kappa shape index (κ2) is 8.93. The smallest absolute Gasteiger partial charge is 0.253 e. The first-order chi connectivity index (χ1) is 11.6. The molecule has 3 N–H and O–H groups in total. The zero-order valence-corrected chi connectivity index (χ0v) is 14.2. The molecule has 0 unspecified atom stereocenters. The third-order valence-corrected chi connectivity index (χ3v) is 3.62. The lowest BCUT2D eigenvalue weighted by Crippen LogP contribution is -2.24. The van der Waals surface area contributed by atoms with Crippen LogP contribution in [0.4, 0.5) is 5.69 Å². The van der Waals surface area contributed by atoms with E-state index in [0.29, 0.717) is 31.0 Å². The maximum atomic E-state index is 12.3. The van der Waals surface area contributed by atoms with Gasteiger partial charge in [0.25, 0.3) is 5.91 Å². The predicted molar refractivity (Wildman–Crippen MR) is 95.2 cm³/mol. The summed E-state index contributed by atoms with van der Waals surface area (Å²) >= 11 is 0. The molecule has 0 aliphatic heterocycles. The van der Waals surface area contributed by atoms with E-state index in [1.54, 1.807) is 31.4 Å². The van der Waals surface area contributed by atoms with Gasteiger partial charge in [0.05, 0.1) is 12.2 Å². The molecule has 0 saturated heterocycles. The van der Waals surface area contributed by atoms with Gasteiger partial charge in [-0.1, -0.05) is 24.3 Å². The standard InChI is InChI=1S/C19H24N2O3/c1-14-8-9-15(18(12-14)24-11-5-10-23-2)13-21-19(22)16-6-3-4-7-17(16)20/h3-4,6-9,12H,5,10-11,13,20H2,1-2H3,(H,21,22). The molecular weight excluding hydrogens is 304 g/mol. The Morgan fingerprint density at radius 2 is 1.96 bits per heavy atom. The number of nitrogen functional groups attached to an aromatic ring is 1. The van der Waals surface area contributed by atoms with Gasteiger partial charge in [0.15, 0.2) is 0 Å². The number of carbonyl (C=O) groups is 1. The van der Waals surface area contributed by atoms with Crippen LogP contribution < -0.4 is 15.8 Å². The largest absolute Gasteiger partial charge is 0.493 e. The van der Waals surface area contributed by atoms with Crippen molar-refractivity contribution in [2.24, 2.45) is 0 Å². The molecule has 0 spiro atoms. The van der Waals surface area contributed by atoms with E-state index in [9.17, 15) is 4.79 Å². The topological polar surface area (TPSA) is 73.6 Å². The molecule has 5 heteroatoms. The highest BCUT2D eigenvalue weighted by atomic mass is 16.5. The van der Waals surface area contributed by atoms with Crippen molar-refractivity contribution < 1.29 is 14.3 Å². The molecule has 128 valence electrons. The second-order valence-corrected chi connectivity index (χ2v) is 5.58. The fourth-order valence-corrected chi connectivity index (χ4v) is 2.30. The second-order valence-electron chi connectivity index (χ2n) is 5.58. The zero-order valence-electron chi connectivity index (χ0n) is 14.2. The zero-order chi connectivity index (χ0) is 17.4. The average molecular weight is 328 g/mol. The van der Waals surface area contributed by atoms with Gasteiger partial charge in [-0.25, -0.2) is 0 Å². The SMILES string of the molecule is COCCCOc1cc(C)ccc1CNC(=O)c1ccccc1N. The van der Waals surface area contributed by atoms with Crippen LogP contribution in [-0.4, -0.2) is 26.2 Å². The van der Waals surface area contributed by atoms with Crippen LogP contribution in [0.5, 0.6) is 5.75 Å². The summed E-state index contributed by atoms with van der Waals surface area (Å²) in [5.74, 6) is 0.589. The van der Waals surface area contributed by atoms with Gasteiger partial charge in [0.2, 0.25) is 0 Å². The van der Waals surface area contributed by atoms with Crippen molar-refractivity contribution in [3.8, 4) is 5.75 Å². The number of benzene rings is 2. The Balaban J connectivity index is 2.01. The molecule has 0 saturated carbocycles. The first-order valence-corrected chi connectivity index (χ1v) is 7.96. The van der Waals surface area contributed by atoms with Crippen LogP contribution in [0.3, 0.4) is 0 Å². The third kappa shape index (κ3) is 4.99. The number of nitrogens with two attached hydrogens (primary N) is 1. The molecule has 0 radical (unpaired) electrons. The minimum atomic E-state index is -0.195. The summed E-state index contributed by atoms with van der Waals surface area (Å²) in [5, 5.41) is 2.89. The van der Waals surface area contributed by atoms with E-state index < -0.39 is 0 Å². The fraction of sp³-hybridized carbons (Fsp3) is 0.316. The van der Waals surface area contributed by atoms with E-state index in [4.69, 9.17) is 15.2 Å². The minimum absolute atomic E-state index is 0.195. The van der Waals surface area contributed by atoms with Crippen molar-refractivity contribution in [1.29, 1.82) is 0 Å².